The number of likely N-dealkylation sites (N-methyl/N-ethyl adjacent to an activating group) is 1. The zero-order valence-electron chi connectivity index (χ0n) is 20.0. The molecule has 7 heteroatoms. The number of fused-ring (bicyclic) bond motifs is 3. The van der Waals surface area contributed by atoms with E-state index in [1.165, 1.54) is 0 Å². The summed E-state index contributed by atoms with van der Waals surface area (Å²) in [6.07, 6.45) is 1.41. The smallest absolute Gasteiger partial charge is 0.410 e. The molecule has 1 amide bonds. The molecule has 0 saturated heterocycles. The van der Waals surface area contributed by atoms with E-state index in [4.69, 9.17) is 9.47 Å². The van der Waals surface area contributed by atoms with E-state index in [0.29, 0.717) is 12.8 Å². The average Bonchev–Trinajstić information content (AvgIpc) is 2.91. The Morgan fingerprint density at radius 1 is 1.13 bits per heavy atom. The van der Waals surface area contributed by atoms with Crippen LogP contribution >= 0.6 is 0 Å². The van der Waals surface area contributed by atoms with Crippen molar-refractivity contribution in [1.29, 1.82) is 0 Å². The quantitative estimate of drug-likeness (QED) is 0.500. The fraction of sp³-hybridized carbons (Fsp3) is 0.583. The van der Waals surface area contributed by atoms with E-state index in [2.05, 4.69) is 12.1 Å². The van der Waals surface area contributed by atoms with E-state index in [0.717, 1.165) is 34.1 Å². The van der Waals surface area contributed by atoms with E-state index in [1.54, 1.807) is 16.5 Å². The average molecular weight is 502 g/mol. The number of ether oxygens (including phenoxy) is 2. The first-order valence-electron chi connectivity index (χ1n) is 10.5. The van der Waals surface area contributed by atoms with Crippen LogP contribution in [0.3, 0.4) is 0 Å². The Morgan fingerprint density at radius 2 is 1.74 bits per heavy atom. The maximum Gasteiger partial charge on any atom is 0.410 e. The summed E-state index contributed by atoms with van der Waals surface area (Å²) in [6, 6.07) is 7.14. The number of carbonyl (C=O) groups is 2. The summed E-state index contributed by atoms with van der Waals surface area (Å²) in [7, 11) is 1.79. The van der Waals surface area contributed by atoms with Gasteiger partial charge in [0.2, 0.25) is 0 Å². The fourth-order valence-electron chi connectivity index (χ4n) is 3.92. The Hall–Kier alpha value is -1.40. The molecule has 1 heterocycles. The molecule has 0 spiro atoms. The number of hydrogen-bond donors (Lipinski definition) is 0. The van der Waals surface area contributed by atoms with Crippen LogP contribution in [-0.4, -0.2) is 45.9 Å². The zero-order valence-corrected chi connectivity index (χ0v) is 22.8. The maximum absolute atomic E-state index is 13.0. The second-order valence-electron chi connectivity index (χ2n) is 10.1. The van der Waals surface area contributed by atoms with Crippen molar-refractivity contribution in [2.45, 2.75) is 85.0 Å². The normalized spacial score (nSPS) is 16.3. The molecule has 1 aliphatic rings. The molecule has 167 valence electrons. The molecule has 0 fully saturated rings. The van der Waals surface area contributed by atoms with Crippen LogP contribution in [0.1, 0.15) is 64.8 Å². The molecular weight excluding hydrogens is 469 g/mol. The molecule has 6 nitrogen and oxygen atoms in total. The number of aryl methyl sites for hydroxylation is 1. The van der Waals surface area contributed by atoms with E-state index < -0.39 is 11.2 Å². The summed E-state index contributed by atoms with van der Waals surface area (Å²) < 4.78 is 12.9. The topological polar surface area (TPSA) is 60.8 Å². The van der Waals surface area contributed by atoms with E-state index in [-0.39, 0.29) is 50.9 Å². The van der Waals surface area contributed by atoms with Gasteiger partial charge >= 0.3 is 12.2 Å². The Labute approximate surface area is 210 Å². The second kappa shape index (κ2) is 9.23. The second-order valence-corrected chi connectivity index (χ2v) is 10.1. The Kier molecular flexibility index (Phi) is 7.70. The van der Waals surface area contributed by atoms with Crippen LogP contribution < -0.4 is 0 Å². The summed E-state index contributed by atoms with van der Waals surface area (Å²) in [4.78, 5) is 27.3. The standard InChI is InChI=1S/C24H33N2O4.Y/c1-15-9-11-19-17(13-15)18-14-16(25(8)21(27)29-23(2,3)4)10-12-20(18)26(19)22(28)30-24(5,6)7;/h11,13,16H,10,12,14H2,1-8H3;/q-1;. The van der Waals surface area contributed by atoms with Gasteiger partial charge in [0.25, 0.3) is 0 Å². The fourth-order valence-corrected chi connectivity index (χ4v) is 3.92. The van der Waals surface area contributed by atoms with E-state index in [1.807, 2.05) is 54.5 Å². The molecule has 3 rings (SSSR count). The van der Waals surface area contributed by atoms with Gasteiger partial charge in [-0.15, -0.1) is 5.39 Å². The Morgan fingerprint density at radius 3 is 2.32 bits per heavy atom. The molecule has 1 unspecified atom stereocenters. The van der Waals surface area contributed by atoms with Gasteiger partial charge in [0.15, 0.2) is 0 Å². The number of hydrogen-bond acceptors (Lipinski definition) is 4. The van der Waals surface area contributed by atoms with Crippen molar-refractivity contribution < 1.29 is 51.8 Å². The van der Waals surface area contributed by atoms with Gasteiger partial charge in [0.05, 0.1) is 0 Å². The molecule has 1 atom stereocenters. The zero-order chi connectivity index (χ0) is 22.4. The molecule has 2 aromatic rings. The van der Waals surface area contributed by atoms with Crippen molar-refractivity contribution in [2.75, 3.05) is 7.05 Å². The van der Waals surface area contributed by atoms with Crippen LogP contribution in [0.25, 0.3) is 10.9 Å². The third kappa shape index (κ3) is 5.89. The molecule has 0 aliphatic heterocycles. The van der Waals surface area contributed by atoms with Gasteiger partial charge in [-0.2, -0.15) is 23.8 Å². The minimum Gasteiger partial charge on any atom is -0.444 e. The van der Waals surface area contributed by atoms with Gasteiger partial charge in [-0.25, -0.2) is 9.59 Å². The van der Waals surface area contributed by atoms with Gasteiger partial charge in [-0.1, -0.05) is 12.4 Å². The van der Waals surface area contributed by atoms with Gasteiger partial charge < -0.3 is 18.9 Å². The molecule has 31 heavy (non-hydrogen) atoms. The van der Waals surface area contributed by atoms with Crippen molar-refractivity contribution in [3.63, 3.8) is 0 Å². The van der Waals surface area contributed by atoms with E-state index in [9.17, 15) is 9.59 Å². The predicted octanol–water partition coefficient (Wildman–Crippen LogP) is 5.25. The number of rotatable bonds is 1. The first kappa shape index (κ1) is 25.9. The van der Waals surface area contributed by atoms with Crippen LogP contribution in [0.5, 0.6) is 0 Å². The summed E-state index contributed by atoms with van der Waals surface area (Å²) in [5, 5.41) is 1.02. The number of amides is 1. The number of aromatic nitrogens is 1. The number of benzene rings is 1. The minimum absolute atomic E-state index is 0. The van der Waals surface area contributed by atoms with Gasteiger partial charge in [0, 0.05) is 51.5 Å². The predicted molar refractivity (Wildman–Crippen MR) is 117 cm³/mol. The van der Waals surface area contributed by atoms with Crippen LogP contribution in [0.2, 0.25) is 0 Å². The van der Waals surface area contributed by atoms with Crippen molar-refractivity contribution >= 4 is 23.1 Å². The molecule has 0 bridgehead atoms. The molecule has 1 aromatic carbocycles. The summed E-state index contributed by atoms with van der Waals surface area (Å²) in [5.41, 5.74) is 2.76. The first-order valence-corrected chi connectivity index (χ1v) is 10.5. The monoisotopic (exact) mass is 502 g/mol. The van der Waals surface area contributed by atoms with Gasteiger partial charge in [0.1, 0.15) is 11.2 Å². The number of nitrogens with zero attached hydrogens (tertiary/aromatic N) is 2. The molecular formula is C24H33N2O4Y-. The van der Waals surface area contributed by atoms with Crippen molar-refractivity contribution in [3.05, 3.63) is 35.0 Å². The van der Waals surface area contributed by atoms with Crippen LogP contribution in [0.4, 0.5) is 9.59 Å². The molecule has 1 aromatic heterocycles. The number of carbonyl (C=O) groups excluding carboxylic acids is 2. The molecule has 1 aliphatic carbocycles. The summed E-state index contributed by atoms with van der Waals surface area (Å²) >= 11 is 0. The molecule has 1 radical (unpaired) electrons. The third-order valence-corrected chi connectivity index (χ3v) is 5.22. The van der Waals surface area contributed by atoms with Crippen molar-refractivity contribution in [2.24, 2.45) is 0 Å². The van der Waals surface area contributed by atoms with Gasteiger partial charge in [-0.3, -0.25) is 0 Å². The Bertz CT molecular complexity index is 982. The van der Waals surface area contributed by atoms with Crippen LogP contribution in [0, 0.1) is 13.0 Å². The maximum atomic E-state index is 13.0. The van der Waals surface area contributed by atoms with Crippen LogP contribution in [-0.2, 0) is 55.0 Å². The minimum atomic E-state index is -0.580. The molecule has 0 saturated carbocycles. The van der Waals surface area contributed by atoms with Crippen molar-refractivity contribution in [3.8, 4) is 0 Å². The largest absolute Gasteiger partial charge is 0.444 e. The van der Waals surface area contributed by atoms with Gasteiger partial charge in [-0.05, 0) is 66.4 Å². The summed E-state index contributed by atoms with van der Waals surface area (Å²) in [5.74, 6) is 0. The summed E-state index contributed by atoms with van der Waals surface area (Å²) in [6.45, 7) is 13.2. The first-order chi connectivity index (χ1) is 13.8. The SMILES string of the molecule is Cc1[c-]cc2c(c1)c1c(n2C(=O)OC(C)(C)C)CCC(N(C)C(=O)OC(C)(C)C)C1.[Y]. The van der Waals surface area contributed by atoms with E-state index >= 15 is 0 Å². The van der Waals surface area contributed by atoms with Crippen LogP contribution in [0.15, 0.2) is 12.1 Å². The molecule has 0 N–H and O–H groups in total. The van der Waals surface area contributed by atoms with Crippen molar-refractivity contribution in [1.82, 2.24) is 9.47 Å². The Balaban J connectivity index is 0.00000341. The third-order valence-electron chi connectivity index (χ3n) is 5.22.